The van der Waals surface area contributed by atoms with E-state index < -0.39 is 11.9 Å². The molecule has 2 aromatic carbocycles. The minimum absolute atomic E-state index is 0.272. The monoisotopic (exact) mass is 386 g/mol. The third kappa shape index (κ3) is 4.76. The fourth-order valence-corrected chi connectivity index (χ4v) is 2.65. The second kappa shape index (κ2) is 9.15. The molecule has 3 rings (SSSR count). The van der Waals surface area contributed by atoms with Gasteiger partial charge in [0.05, 0.1) is 46.6 Å². The van der Waals surface area contributed by atoms with E-state index in [-0.39, 0.29) is 6.61 Å². The number of benzene rings is 2. The van der Waals surface area contributed by atoms with Crippen molar-refractivity contribution in [3.05, 3.63) is 83.7 Å². The number of rotatable bonds is 6. The SMILES string of the molecule is CCOC(=O)c1ccccc1Nc1cncc(C(=O)Nc2ccccc2C#N)c1. The van der Waals surface area contributed by atoms with Gasteiger partial charge in [-0.25, -0.2) is 4.79 Å². The number of anilines is 3. The van der Waals surface area contributed by atoms with Crippen LogP contribution in [0.3, 0.4) is 0 Å². The maximum absolute atomic E-state index is 12.6. The molecular weight excluding hydrogens is 368 g/mol. The van der Waals surface area contributed by atoms with Crippen LogP contribution < -0.4 is 10.6 Å². The summed E-state index contributed by atoms with van der Waals surface area (Å²) in [5.41, 5.74) is 2.55. The van der Waals surface area contributed by atoms with Crippen LogP contribution in [0.5, 0.6) is 0 Å². The normalized spacial score (nSPS) is 9.93. The summed E-state index contributed by atoms with van der Waals surface area (Å²) >= 11 is 0. The Labute approximate surface area is 168 Å². The van der Waals surface area contributed by atoms with E-state index in [1.54, 1.807) is 67.7 Å². The average molecular weight is 386 g/mol. The number of esters is 1. The number of ether oxygens (including phenoxy) is 1. The zero-order valence-electron chi connectivity index (χ0n) is 15.7. The molecular formula is C22H18N4O3. The summed E-state index contributed by atoms with van der Waals surface area (Å²) in [7, 11) is 0. The van der Waals surface area contributed by atoms with Crippen molar-refractivity contribution in [3.63, 3.8) is 0 Å². The standard InChI is InChI=1S/C22H18N4O3/c1-2-29-22(28)18-8-4-6-10-20(18)25-17-11-16(13-24-14-17)21(27)26-19-9-5-3-7-15(19)12-23/h3-11,13-14,25H,2H2,1H3,(H,26,27). The van der Waals surface area contributed by atoms with Gasteiger partial charge in [0.1, 0.15) is 6.07 Å². The molecule has 1 amide bonds. The van der Waals surface area contributed by atoms with Crippen molar-refractivity contribution in [2.24, 2.45) is 0 Å². The van der Waals surface area contributed by atoms with Crippen molar-refractivity contribution in [2.45, 2.75) is 6.92 Å². The van der Waals surface area contributed by atoms with E-state index in [9.17, 15) is 9.59 Å². The summed E-state index contributed by atoms with van der Waals surface area (Å²) in [6.07, 6.45) is 2.97. The first-order chi connectivity index (χ1) is 14.1. The van der Waals surface area contributed by atoms with Crippen molar-refractivity contribution in [2.75, 3.05) is 17.2 Å². The molecule has 0 aliphatic carbocycles. The maximum atomic E-state index is 12.6. The van der Waals surface area contributed by atoms with Crippen LogP contribution in [0, 0.1) is 11.3 Å². The van der Waals surface area contributed by atoms with Crippen molar-refractivity contribution in [1.82, 2.24) is 4.98 Å². The molecule has 0 radical (unpaired) electrons. The van der Waals surface area contributed by atoms with Gasteiger partial charge in [0.15, 0.2) is 0 Å². The fourth-order valence-electron chi connectivity index (χ4n) is 2.65. The molecule has 0 saturated heterocycles. The molecule has 0 aliphatic heterocycles. The van der Waals surface area contributed by atoms with Crippen LogP contribution in [0.25, 0.3) is 0 Å². The van der Waals surface area contributed by atoms with Crippen molar-refractivity contribution in [3.8, 4) is 6.07 Å². The molecule has 0 atom stereocenters. The van der Waals surface area contributed by atoms with Gasteiger partial charge in [0.2, 0.25) is 0 Å². The lowest BCUT2D eigenvalue weighted by atomic mass is 10.1. The first-order valence-electron chi connectivity index (χ1n) is 8.91. The quantitative estimate of drug-likeness (QED) is 0.618. The molecule has 0 bridgehead atoms. The minimum Gasteiger partial charge on any atom is -0.462 e. The Balaban J connectivity index is 1.81. The topological polar surface area (TPSA) is 104 Å². The van der Waals surface area contributed by atoms with Crippen LogP contribution in [0.2, 0.25) is 0 Å². The Kier molecular flexibility index (Phi) is 6.18. The first-order valence-corrected chi connectivity index (χ1v) is 8.91. The molecule has 3 aromatic rings. The molecule has 7 heteroatoms. The maximum Gasteiger partial charge on any atom is 0.340 e. The number of hydrogen-bond acceptors (Lipinski definition) is 6. The predicted molar refractivity (Wildman–Crippen MR) is 109 cm³/mol. The highest BCUT2D eigenvalue weighted by atomic mass is 16.5. The summed E-state index contributed by atoms with van der Waals surface area (Å²) in [5.74, 6) is -0.840. The van der Waals surface area contributed by atoms with E-state index >= 15 is 0 Å². The van der Waals surface area contributed by atoms with Gasteiger partial charge in [-0.05, 0) is 37.3 Å². The number of carbonyl (C=O) groups is 2. The fraction of sp³-hybridized carbons (Fsp3) is 0.0909. The summed E-state index contributed by atoms with van der Waals surface area (Å²) in [5, 5.41) is 15.0. The molecule has 2 N–H and O–H groups in total. The first kappa shape index (κ1) is 19.6. The van der Waals surface area contributed by atoms with E-state index in [2.05, 4.69) is 15.6 Å². The number of nitrogens with zero attached hydrogens (tertiary/aromatic N) is 2. The lowest BCUT2D eigenvalue weighted by Gasteiger charge is -2.12. The van der Waals surface area contributed by atoms with E-state index in [0.29, 0.717) is 33.8 Å². The number of nitriles is 1. The molecule has 0 unspecified atom stereocenters. The van der Waals surface area contributed by atoms with E-state index in [0.717, 1.165) is 0 Å². The molecule has 144 valence electrons. The van der Waals surface area contributed by atoms with Gasteiger partial charge in [0, 0.05) is 6.20 Å². The number of pyridine rings is 1. The van der Waals surface area contributed by atoms with Crippen LogP contribution in [-0.2, 0) is 4.74 Å². The highest BCUT2D eigenvalue weighted by Crippen LogP contribution is 2.22. The van der Waals surface area contributed by atoms with E-state index in [4.69, 9.17) is 10.00 Å². The van der Waals surface area contributed by atoms with E-state index in [1.165, 1.54) is 6.20 Å². The zero-order chi connectivity index (χ0) is 20.6. The van der Waals surface area contributed by atoms with Crippen LogP contribution in [-0.4, -0.2) is 23.5 Å². The Hall–Kier alpha value is -4.18. The van der Waals surface area contributed by atoms with Crippen molar-refractivity contribution < 1.29 is 14.3 Å². The van der Waals surface area contributed by atoms with Gasteiger partial charge in [-0.15, -0.1) is 0 Å². The Morgan fingerprint density at radius 3 is 2.55 bits per heavy atom. The molecule has 0 spiro atoms. The summed E-state index contributed by atoms with van der Waals surface area (Å²) in [6.45, 7) is 2.01. The van der Waals surface area contributed by atoms with Crippen LogP contribution in [0.4, 0.5) is 17.1 Å². The molecule has 1 aromatic heterocycles. The Bertz CT molecular complexity index is 1090. The molecule has 0 aliphatic rings. The van der Waals surface area contributed by atoms with Crippen molar-refractivity contribution in [1.29, 1.82) is 5.26 Å². The average Bonchev–Trinajstić information content (AvgIpc) is 2.75. The number of para-hydroxylation sites is 2. The van der Waals surface area contributed by atoms with E-state index in [1.807, 2.05) is 6.07 Å². The Morgan fingerprint density at radius 2 is 1.79 bits per heavy atom. The second-order valence-corrected chi connectivity index (χ2v) is 5.96. The number of nitrogens with one attached hydrogen (secondary N) is 2. The molecule has 29 heavy (non-hydrogen) atoms. The molecule has 0 fully saturated rings. The van der Waals surface area contributed by atoms with Gasteiger partial charge in [-0.3, -0.25) is 9.78 Å². The predicted octanol–water partition coefficient (Wildman–Crippen LogP) is 4.13. The van der Waals surface area contributed by atoms with Gasteiger partial charge >= 0.3 is 5.97 Å². The van der Waals surface area contributed by atoms with Gasteiger partial charge in [-0.2, -0.15) is 5.26 Å². The molecule has 7 nitrogen and oxygen atoms in total. The largest absolute Gasteiger partial charge is 0.462 e. The van der Waals surface area contributed by atoms with Crippen LogP contribution >= 0.6 is 0 Å². The lowest BCUT2D eigenvalue weighted by molar-refractivity contribution is 0.0527. The van der Waals surface area contributed by atoms with Crippen LogP contribution in [0.1, 0.15) is 33.2 Å². The Morgan fingerprint density at radius 1 is 1.07 bits per heavy atom. The highest BCUT2D eigenvalue weighted by Gasteiger charge is 2.14. The third-order valence-corrected chi connectivity index (χ3v) is 4.00. The molecule has 1 heterocycles. The smallest absolute Gasteiger partial charge is 0.340 e. The van der Waals surface area contributed by atoms with Gasteiger partial charge in [0.25, 0.3) is 5.91 Å². The van der Waals surface area contributed by atoms with Gasteiger partial charge < -0.3 is 15.4 Å². The second-order valence-electron chi connectivity index (χ2n) is 5.96. The number of aromatic nitrogens is 1. The molecule has 0 saturated carbocycles. The zero-order valence-corrected chi connectivity index (χ0v) is 15.7. The number of carbonyl (C=O) groups excluding carboxylic acids is 2. The lowest BCUT2D eigenvalue weighted by Crippen LogP contribution is -2.13. The third-order valence-electron chi connectivity index (χ3n) is 4.00. The summed E-state index contributed by atoms with van der Waals surface area (Å²) in [6, 6.07) is 17.3. The highest BCUT2D eigenvalue weighted by molar-refractivity contribution is 6.05. The van der Waals surface area contributed by atoms with Gasteiger partial charge in [-0.1, -0.05) is 24.3 Å². The summed E-state index contributed by atoms with van der Waals surface area (Å²) < 4.78 is 5.07. The van der Waals surface area contributed by atoms with Crippen molar-refractivity contribution >= 4 is 28.9 Å². The number of amides is 1. The minimum atomic E-state index is -0.439. The van der Waals surface area contributed by atoms with Crippen LogP contribution in [0.15, 0.2) is 67.0 Å². The summed E-state index contributed by atoms with van der Waals surface area (Å²) in [4.78, 5) is 28.8. The number of hydrogen-bond donors (Lipinski definition) is 2.